The number of rotatable bonds is 8. The minimum Gasteiger partial charge on any atom is -0.487 e. The van der Waals surface area contributed by atoms with Crippen molar-refractivity contribution in [2.75, 3.05) is 5.32 Å². The van der Waals surface area contributed by atoms with Gasteiger partial charge in [0.15, 0.2) is 6.29 Å². The molecule has 3 aromatic carbocycles. The third-order valence-electron chi connectivity index (χ3n) is 6.55. The molecule has 1 aliphatic rings. The van der Waals surface area contributed by atoms with E-state index in [1.54, 1.807) is 0 Å². The molecule has 2 atom stereocenters. The summed E-state index contributed by atoms with van der Waals surface area (Å²) in [5, 5.41) is 3.48. The van der Waals surface area contributed by atoms with Gasteiger partial charge in [-0.2, -0.15) is 0 Å². The summed E-state index contributed by atoms with van der Waals surface area (Å²) in [6, 6.07) is 22.3. The number of hydrogen-bond acceptors (Lipinski definition) is 3. The van der Waals surface area contributed by atoms with E-state index in [1.165, 1.54) is 24.0 Å². The van der Waals surface area contributed by atoms with E-state index in [-0.39, 0.29) is 0 Å². The topological polar surface area (TPSA) is 38.3 Å². The Balaban J connectivity index is 0.00000149. The molecule has 2 unspecified atom stereocenters. The van der Waals surface area contributed by atoms with E-state index in [0.717, 1.165) is 47.7 Å². The van der Waals surface area contributed by atoms with Crippen LogP contribution in [-0.4, -0.2) is 6.29 Å². The first-order chi connectivity index (χ1) is 16.2. The zero-order valence-electron chi connectivity index (χ0n) is 20.4. The Bertz CT molecular complexity index is 1030. The van der Waals surface area contributed by atoms with Crippen LogP contribution in [0.4, 0.5) is 11.4 Å². The lowest BCUT2D eigenvalue weighted by molar-refractivity contribution is 0.112. The molecular weight excluding hydrogens is 406 g/mol. The SMILES string of the molecule is CC.CCC1CCc2cc(Nc3ccccc3C=O)c(OCc3ccccc3)cc2C1CC. The number of anilines is 2. The maximum absolute atomic E-state index is 11.5. The number of benzene rings is 3. The largest absolute Gasteiger partial charge is 0.487 e. The van der Waals surface area contributed by atoms with Gasteiger partial charge in [0.25, 0.3) is 0 Å². The van der Waals surface area contributed by atoms with Crippen LogP contribution >= 0.6 is 0 Å². The highest BCUT2D eigenvalue weighted by molar-refractivity contribution is 5.86. The van der Waals surface area contributed by atoms with Crippen molar-refractivity contribution >= 4 is 17.7 Å². The van der Waals surface area contributed by atoms with Gasteiger partial charge in [-0.15, -0.1) is 0 Å². The minimum atomic E-state index is 0.512. The van der Waals surface area contributed by atoms with Gasteiger partial charge >= 0.3 is 0 Å². The van der Waals surface area contributed by atoms with Gasteiger partial charge in [0.1, 0.15) is 12.4 Å². The second-order valence-electron chi connectivity index (χ2n) is 8.37. The van der Waals surface area contributed by atoms with Crippen LogP contribution in [0.5, 0.6) is 5.75 Å². The third kappa shape index (κ3) is 5.84. The lowest BCUT2D eigenvalue weighted by atomic mass is 9.72. The molecule has 33 heavy (non-hydrogen) atoms. The van der Waals surface area contributed by atoms with Crippen LogP contribution in [0, 0.1) is 5.92 Å². The average molecular weight is 444 g/mol. The van der Waals surface area contributed by atoms with E-state index in [9.17, 15) is 4.79 Å². The normalized spacial score (nSPS) is 16.7. The molecule has 0 saturated carbocycles. The van der Waals surface area contributed by atoms with Crippen LogP contribution < -0.4 is 10.1 Å². The van der Waals surface area contributed by atoms with Crippen molar-refractivity contribution < 1.29 is 9.53 Å². The molecule has 3 aromatic rings. The Morgan fingerprint density at radius 1 is 0.939 bits per heavy atom. The number of nitrogens with one attached hydrogen (secondary N) is 1. The van der Waals surface area contributed by atoms with Gasteiger partial charge in [-0.25, -0.2) is 0 Å². The van der Waals surface area contributed by atoms with Gasteiger partial charge < -0.3 is 10.1 Å². The Morgan fingerprint density at radius 3 is 2.36 bits per heavy atom. The lowest BCUT2D eigenvalue weighted by Crippen LogP contribution is -2.20. The summed E-state index contributed by atoms with van der Waals surface area (Å²) < 4.78 is 6.35. The van der Waals surface area contributed by atoms with E-state index < -0.39 is 0 Å². The number of aryl methyl sites for hydroxylation is 1. The maximum Gasteiger partial charge on any atom is 0.152 e. The number of hydrogen-bond donors (Lipinski definition) is 1. The summed E-state index contributed by atoms with van der Waals surface area (Å²) in [6.07, 6.45) is 5.57. The van der Waals surface area contributed by atoms with E-state index in [2.05, 4.69) is 43.4 Å². The fourth-order valence-electron chi connectivity index (χ4n) is 4.85. The van der Waals surface area contributed by atoms with Gasteiger partial charge in [0, 0.05) is 11.3 Å². The van der Waals surface area contributed by atoms with E-state index >= 15 is 0 Å². The van der Waals surface area contributed by atoms with Crippen LogP contribution in [-0.2, 0) is 13.0 Å². The highest BCUT2D eigenvalue weighted by Crippen LogP contribution is 2.44. The monoisotopic (exact) mass is 443 g/mol. The first kappa shape index (κ1) is 24.6. The number of fused-ring (bicyclic) bond motifs is 1. The number of ether oxygens (including phenoxy) is 1. The molecule has 0 aromatic heterocycles. The van der Waals surface area contributed by atoms with Crippen molar-refractivity contribution in [3.8, 4) is 5.75 Å². The Morgan fingerprint density at radius 2 is 1.67 bits per heavy atom. The predicted molar refractivity (Wildman–Crippen MR) is 139 cm³/mol. The van der Waals surface area contributed by atoms with Gasteiger partial charge in [-0.3, -0.25) is 4.79 Å². The zero-order chi connectivity index (χ0) is 23.6. The van der Waals surface area contributed by atoms with Crippen molar-refractivity contribution in [3.63, 3.8) is 0 Å². The second kappa shape index (κ2) is 12.2. The van der Waals surface area contributed by atoms with Crippen molar-refractivity contribution in [2.45, 2.75) is 65.9 Å². The number of carbonyl (C=O) groups excluding carboxylic acids is 1. The predicted octanol–water partition coefficient (Wildman–Crippen LogP) is 8.31. The molecule has 3 heteroatoms. The number of carbonyl (C=O) groups is 1. The molecule has 174 valence electrons. The van der Waals surface area contributed by atoms with Gasteiger partial charge in [0.2, 0.25) is 0 Å². The molecule has 0 fully saturated rings. The standard InChI is InChI=1S/C28H31NO2.C2H6/c1-3-21-14-15-22-16-27(29-26-13-9-8-12-23(26)18-30)28(17-25(22)24(21)4-2)31-19-20-10-6-5-7-11-20;1-2/h5-13,16-18,21,24,29H,3-4,14-15,19H2,1-2H3;1-2H3. The minimum absolute atomic E-state index is 0.512. The molecule has 0 heterocycles. The first-order valence-corrected chi connectivity index (χ1v) is 12.4. The molecule has 0 radical (unpaired) electrons. The van der Waals surface area contributed by atoms with Gasteiger partial charge in [0.05, 0.1) is 5.69 Å². The van der Waals surface area contributed by atoms with Crippen molar-refractivity contribution in [1.29, 1.82) is 0 Å². The second-order valence-corrected chi connectivity index (χ2v) is 8.37. The van der Waals surface area contributed by atoms with Gasteiger partial charge in [-0.1, -0.05) is 76.6 Å². The highest BCUT2D eigenvalue weighted by Gasteiger charge is 2.28. The zero-order valence-corrected chi connectivity index (χ0v) is 20.4. The van der Waals surface area contributed by atoms with Gasteiger partial charge in [-0.05, 0) is 72.1 Å². The molecule has 0 amide bonds. The van der Waals surface area contributed by atoms with Crippen molar-refractivity contribution in [3.05, 3.63) is 89.0 Å². The van der Waals surface area contributed by atoms with Crippen molar-refractivity contribution in [2.24, 2.45) is 5.92 Å². The smallest absolute Gasteiger partial charge is 0.152 e. The lowest BCUT2D eigenvalue weighted by Gasteiger charge is -2.33. The molecule has 1 aliphatic carbocycles. The summed E-state index contributed by atoms with van der Waals surface area (Å²) >= 11 is 0. The molecule has 0 spiro atoms. The summed E-state index contributed by atoms with van der Waals surface area (Å²) in [5.74, 6) is 2.15. The van der Waals surface area contributed by atoms with Crippen LogP contribution in [0.2, 0.25) is 0 Å². The highest BCUT2D eigenvalue weighted by atomic mass is 16.5. The van der Waals surface area contributed by atoms with Crippen LogP contribution in [0.1, 0.15) is 79.9 Å². The molecular formula is C30H37NO2. The molecule has 3 nitrogen and oxygen atoms in total. The molecule has 1 N–H and O–H groups in total. The van der Waals surface area contributed by atoms with E-state index in [4.69, 9.17) is 4.74 Å². The number of aldehydes is 1. The molecule has 0 saturated heterocycles. The summed E-state index contributed by atoms with van der Waals surface area (Å²) in [5.41, 5.74) is 6.34. The third-order valence-corrected chi connectivity index (χ3v) is 6.55. The van der Waals surface area contributed by atoms with E-state index in [0.29, 0.717) is 18.1 Å². The molecule has 4 rings (SSSR count). The Hall–Kier alpha value is -3.07. The summed E-state index contributed by atoms with van der Waals surface area (Å²) in [7, 11) is 0. The quantitative estimate of drug-likeness (QED) is 0.356. The fraction of sp³-hybridized carbons (Fsp3) is 0.367. The Kier molecular flexibility index (Phi) is 9.12. The maximum atomic E-state index is 11.5. The van der Waals surface area contributed by atoms with Crippen molar-refractivity contribution in [1.82, 2.24) is 0 Å². The number of para-hydroxylation sites is 1. The van der Waals surface area contributed by atoms with Crippen LogP contribution in [0.15, 0.2) is 66.7 Å². The Labute approximate surface area is 199 Å². The molecule has 0 aliphatic heterocycles. The first-order valence-electron chi connectivity index (χ1n) is 12.4. The summed E-state index contributed by atoms with van der Waals surface area (Å²) in [4.78, 5) is 11.5. The van der Waals surface area contributed by atoms with E-state index in [1.807, 2.05) is 56.3 Å². The van der Waals surface area contributed by atoms with Crippen LogP contribution in [0.3, 0.4) is 0 Å². The fourth-order valence-corrected chi connectivity index (χ4v) is 4.85. The van der Waals surface area contributed by atoms with Crippen LogP contribution in [0.25, 0.3) is 0 Å². The average Bonchev–Trinajstić information content (AvgIpc) is 2.88. The summed E-state index contributed by atoms with van der Waals surface area (Å²) in [6.45, 7) is 9.11. The molecule has 0 bridgehead atoms.